The first-order chi connectivity index (χ1) is 5.05. The van der Waals surface area contributed by atoms with Gasteiger partial charge in [0.2, 0.25) is 0 Å². The third-order valence-corrected chi connectivity index (χ3v) is 2.04. The molecular formula is C7H11NO3. The number of carbonyl (C=O) groups excluding carboxylic acids is 1. The van der Waals surface area contributed by atoms with E-state index in [0.29, 0.717) is 6.42 Å². The van der Waals surface area contributed by atoms with Crippen molar-refractivity contribution in [1.29, 1.82) is 0 Å². The van der Waals surface area contributed by atoms with E-state index in [0.717, 1.165) is 0 Å². The third kappa shape index (κ3) is 1.83. The fourth-order valence-electron chi connectivity index (χ4n) is 1.29. The molecule has 0 amide bonds. The molecule has 2 atom stereocenters. The van der Waals surface area contributed by atoms with Gasteiger partial charge in [0.25, 0.3) is 0 Å². The minimum Gasteiger partial charge on any atom is -0.390 e. The lowest BCUT2D eigenvalue weighted by atomic mass is 9.83. The summed E-state index contributed by atoms with van der Waals surface area (Å²) in [4.78, 5) is 21.0. The summed E-state index contributed by atoms with van der Waals surface area (Å²) in [5, 5.41) is 12.1. The van der Waals surface area contributed by atoms with Crippen LogP contribution in [0.15, 0.2) is 5.18 Å². The molecule has 0 aromatic rings. The molecule has 0 aliphatic heterocycles. The van der Waals surface area contributed by atoms with Crippen LogP contribution in [0.1, 0.15) is 26.2 Å². The van der Waals surface area contributed by atoms with E-state index >= 15 is 0 Å². The molecule has 0 heterocycles. The first-order valence-electron chi connectivity index (χ1n) is 3.63. The van der Waals surface area contributed by atoms with Crippen molar-refractivity contribution in [2.24, 2.45) is 5.18 Å². The smallest absolute Gasteiger partial charge is 0.161 e. The van der Waals surface area contributed by atoms with Crippen LogP contribution in [-0.2, 0) is 4.79 Å². The van der Waals surface area contributed by atoms with Gasteiger partial charge in [-0.3, -0.25) is 4.79 Å². The molecule has 4 heteroatoms. The van der Waals surface area contributed by atoms with Gasteiger partial charge in [0.15, 0.2) is 11.8 Å². The van der Waals surface area contributed by atoms with Crippen molar-refractivity contribution in [3.63, 3.8) is 0 Å². The van der Waals surface area contributed by atoms with E-state index in [4.69, 9.17) is 0 Å². The topological polar surface area (TPSA) is 66.7 Å². The lowest BCUT2D eigenvalue weighted by Gasteiger charge is -2.29. The van der Waals surface area contributed by atoms with Crippen LogP contribution in [-0.4, -0.2) is 22.5 Å². The van der Waals surface area contributed by atoms with Crippen LogP contribution in [0.2, 0.25) is 0 Å². The summed E-state index contributed by atoms with van der Waals surface area (Å²) in [6, 6.07) is -0.821. The molecule has 62 valence electrons. The van der Waals surface area contributed by atoms with Crippen LogP contribution in [0.25, 0.3) is 0 Å². The van der Waals surface area contributed by atoms with Crippen molar-refractivity contribution in [2.45, 2.75) is 37.8 Å². The van der Waals surface area contributed by atoms with Crippen molar-refractivity contribution in [3.05, 3.63) is 4.91 Å². The predicted octanol–water partition coefficient (Wildman–Crippen LogP) is 0.625. The fourth-order valence-corrected chi connectivity index (χ4v) is 1.29. The van der Waals surface area contributed by atoms with Crippen molar-refractivity contribution in [3.8, 4) is 0 Å². The first kappa shape index (κ1) is 8.33. The fraction of sp³-hybridized carbons (Fsp3) is 0.857. The average Bonchev–Trinajstić information content (AvgIpc) is 1.94. The van der Waals surface area contributed by atoms with E-state index in [2.05, 4.69) is 5.18 Å². The van der Waals surface area contributed by atoms with Crippen LogP contribution in [0.4, 0.5) is 0 Å². The zero-order valence-corrected chi connectivity index (χ0v) is 6.41. The molecule has 1 saturated carbocycles. The Balaban J connectivity index is 2.65. The highest BCUT2D eigenvalue weighted by atomic mass is 16.3. The van der Waals surface area contributed by atoms with Crippen LogP contribution in [0.3, 0.4) is 0 Å². The molecule has 1 aliphatic rings. The molecular weight excluding hydrogens is 146 g/mol. The summed E-state index contributed by atoms with van der Waals surface area (Å²) in [6.45, 7) is 1.62. The van der Waals surface area contributed by atoms with Gasteiger partial charge in [0, 0.05) is 12.8 Å². The standard InChI is InChI=1S/C7H11NO3/c1-7(10)3-2-6(9)5(4-7)8-11/h5,10H,2-4H2,1H3/t5?,7-/m1/s1. The molecule has 0 aromatic carbocycles. The Kier molecular flexibility index (Phi) is 2.04. The van der Waals surface area contributed by atoms with Crippen LogP contribution in [0, 0.1) is 4.91 Å². The molecule has 4 nitrogen and oxygen atoms in total. The summed E-state index contributed by atoms with van der Waals surface area (Å²) < 4.78 is 0. The van der Waals surface area contributed by atoms with Gasteiger partial charge >= 0.3 is 0 Å². The minimum atomic E-state index is -0.882. The summed E-state index contributed by atoms with van der Waals surface area (Å²) in [6.07, 6.45) is 0.886. The molecule has 1 rings (SSSR count). The Morgan fingerprint density at radius 1 is 1.73 bits per heavy atom. The molecule has 1 aliphatic carbocycles. The van der Waals surface area contributed by atoms with E-state index in [-0.39, 0.29) is 18.6 Å². The maximum Gasteiger partial charge on any atom is 0.161 e. The van der Waals surface area contributed by atoms with E-state index in [1.165, 1.54) is 0 Å². The van der Waals surface area contributed by atoms with E-state index in [9.17, 15) is 14.8 Å². The van der Waals surface area contributed by atoms with Gasteiger partial charge in [-0.25, -0.2) is 0 Å². The van der Waals surface area contributed by atoms with Gasteiger partial charge in [-0.15, -0.1) is 0 Å². The number of ketones is 1. The predicted molar refractivity (Wildman–Crippen MR) is 39.1 cm³/mol. The Bertz CT molecular complexity index is 188. The highest BCUT2D eigenvalue weighted by molar-refractivity contribution is 5.85. The van der Waals surface area contributed by atoms with Crippen molar-refractivity contribution < 1.29 is 9.90 Å². The third-order valence-electron chi connectivity index (χ3n) is 2.04. The molecule has 11 heavy (non-hydrogen) atoms. The number of hydrogen-bond donors (Lipinski definition) is 1. The number of aliphatic hydroxyl groups is 1. The molecule has 0 bridgehead atoms. The lowest BCUT2D eigenvalue weighted by molar-refractivity contribution is -0.126. The highest BCUT2D eigenvalue weighted by Crippen LogP contribution is 2.27. The first-order valence-corrected chi connectivity index (χ1v) is 3.63. The summed E-state index contributed by atoms with van der Waals surface area (Å²) >= 11 is 0. The zero-order chi connectivity index (χ0) is 8.48. The number of hydrogen-bond acceptors (Lipinski definition) is 4. The summed E-state index contributed by atoms with van der Waals surface area (Å²) in [7, 11) is 0. The zero-order valence-electron chi connectivity index (χ0n) is 6.41. The quantitative estimate of drug-likeness (QED) is 0.567. The second-order valence-electron chi connectivity index (χ2n) is 3.29. The summed E-state index contributed by atoms with van der Waals surface area (Å²) in [5.41, 5.74) is -0.882. The molecule has 0 spiro atoms. The molecule has 1 N–H and O–H groups in total. The van der Waals surface area contributed by atoms with E-state index < -0.39 is 11.6 Å². The van der Waals surface area contributed by atoms with E-state index in [1.807, 2.05) is 0 Å². The maximum absolute atomic E-state index is 10.9. The maximum atomic E-state index is 10.9. The lowest BCUT2D eigenvalue weighted by Crippen LogP contribution is -2.38. The normalized spacial score (nSPS) is 38.7. The second-order valence-corrected chi connectivity index (χ2v) is 3.29. The van der Waals surface area contributed by atoms with Gasteiger partial charge in [-0.1, -0.05) is 5.18 Å². The molecule has 0 radical (unpaired) electrons. The van der Waals surface area contributed by atoms with Crippen molar-refractivity contribution in [2.75, 3.05) is 0 Å². The Morgan fingerprint density at radius 2 is 2.36 bits per heavy atom. The van der Waals surface area contributed by atoms with Gasteiger partial charge in [0.1, 0.15) is 0 Å². The summed E-state index contributed by atoms with van der Waals surface area (Å²) in [5.74, 6) is -0.147. The van der Waals surface area contributed by atoms with Gasteiger partial charge in [-0.05, 0) is 13.3 Å². The number of nitrogens with zero attached hydrogens (tertiary/aromatic N) is 1. The average molecular weight is 157 g/mol. The Labute approximate surface area is 64.6 Å². The molecule has 0 saturated heterocycles. The van der Waals surface area contributed by atoms with Gasteiger partial charge in [0.05, 0.1) is 5.60 Å². The molecule has 1 fully saturated rings. The SMILES string of the molecule is C[C@@]1(O)CCC(=O)C(N=O)C1. The minimum absolute atomic E-state index is 0.147. The van der Waals surface area contributed by atoms with Crippen LogP contribution in [0.5, 0.6) is 0 Å². The van der Waals surface area contributed by atoms with Gasteiger partial charge in [-0.2, -0.15) is 4.91 Å². The largest absolute Gasteiger partial charge is 0.390 e. The van der Waals surface area contributed by atoms with Crippen molar-refractivity contribution >= 4 is 5.78 Å². The van der Waals surface area contributed by atoms with E-state index in [1.54, 1.807) is 6.92 Å². The van der Waals surface area contributed by atoms with Gasteiger partial charge < -0.3 is 5.11 Å². The highest BCUT2D eigenvalue weighted by Gasteiger charge is 2.35. The number of Topliss-reactive ketones (excluding diaryl/α,β-unsaturated/α-hetero) is 1. The number of rotatable bonds is 1. The Morgan fingerprint density at radius 3 is 2.82 bits per heavy atom. The van der Waals surface area contributed by atoms with Crippen LogP contribution >= 0.6 is 0 Å². The van der Waals surface area contributed by atoms with Crippen molar-refractivity contribution in [1.82, 2.24) is 0 Å². The molecule has 0 aromatic heterocycles. The molecule has 1 unspecified atom stereocenters. The Hall–Kier alpha value is -0.770. The van der Waals surface area contributed by atoms with Crippen LogP contribution < -0.4 is 0 Å². The number of nitroso groups, excluding NO2 is 1. The number of carbonyl (C=O) groups is 1. The second kappa shape index (κ2) is 2.70. The monoisotopic (exact) mass is 157 g/mol.